The Morgan fingerprint density at radius 3 is 2.66 bits per heavy atom. The van der Waals surface area contributed by atoms with E-state index >= 15 is 0 Å². The first-order valence-electron chi connectivity index (χ1n) is 9.83. The highest BCUT2D eigenvalue weighted by molar-refractivity contribution is 5.82. The van der Waals surface area contributed by atoms with Crippen molar-refractivity contribution in [1.29, 1.82) is 5.26 Å². The van der Waals surface area contributed by atoms with Gasteiger partial charge in [-0.05, 0) is 55.2 Å². The minimum atomic E-state index is -0.183. The number of nitriles is 1. The topological polar surface area (TPSA) is 70.2 Å². The molecule has 2 aromatic heterocycles. The second kappa shape index (κ2) is 7.76. The predicted octanol–water partition coefficient (Wildman–Crippen LogP) is 3.94. The van der Waals surface area contributed by atoms with E-state index in [-0.39, 0.29) is 5.56 Å². The van der Waals surface area contributed by atoms with Crippen LogP contribution < -0.4 is 16.1 Å². The summed E-state index contributed by atoms with van der Waals surface area (Å²) in [5, 5.41) is 13.4. The Morgan fingerprint density at radius 2 is 1.93 bits per heavy atom. The maximum absolute atomic E-state index is 13.2. The van der Waals surface area contributed by atoms with Crippen molar-refractivity contribution in [3.8, 4) is 6.07 Å². The Labute approximate surface area is 168 Å². The SMILES string of the molecule is CCCCc1ccc(N/C=c2/c(C)c(C#N)c3nc4ccccc4n3c2=O)cc1. The molecule has 0 radical (unpaired) electrons. The van der Waals surface area contributed by atoms with Crippen LogP contribution in [0.2, 0.25) is 0 Å². The second-order valence-corrected chi connectivity index (χ2v) is 7.18. The standard InChI is InChI=1S/C24H22N4O/c1-3-4-7-17-10-12-18(13-11-17)26-15-20-16(2)19(14-25)23-27-21-8-5-6-9-22(21)28(23)24(20)29/h5-6,8-13,15,26H,3-4,7H2,1-2H3/b20-15-. The molecule has 0 saturated carbocycles. The van der Waals surface area contributed by atoms with Gasteiger partial charge in [-0.3, -0.25) is 9.20 Å². The fourth-order valence-corrected chi connectivity index (χ4v) is 3.59. The number of anilines is 1. The number of rotatable bonds is 5. The molecule has 0 aliphatic heterocycles. The van der Waals surface area contributed by atoms with E-state index in [0.29, 0.717) is 33.0 Å². The van der Waals surface area contributed by atoms with Gasteiger partial charge in [0.1, 0.15) is 6.07 Å². The molecule has 0 fully saturated rings. The molecule has 5 nitrogen and oxygen atoms in total. The molecule has 0 aliphatic carbocycles. The third kappa shape index (κ3) is 3.34. The molecule has 0 amide bonds. The Kier molecular flexibility index (Phi) is 5.01. The van der Waals surface area contributed by atoms with Gasteiger partial charge in [0.15, 0.2) is 5.65 Å². The number of aromatic nitrogens is 2. The normalized spacial score (nSPS) is 11.8. The molecule has 1 N–H and O–H groups in total. The van der Waals surface area contributed by atoms with Crippen molar-refractivity contribution >= 4 is 28.6 Å². The van der Waals surface area contributed by atoms with Crippen LogP contribution in [-0.2, 0) is 6.42 Å². The quantitative estimate of drug-likeness (QED) is 0.568. The largest absolute Gasteiger partial charge is 0.361 e. The molecule has 0 bridgehead atoms. The van der Waals surface area contributed by atoms with E-state index in [4.69, 9.17) is 0 Å². The first-order valence-corrected chi connectivity index (χ1v) is 9.83. The molecule has 144 valence electrons. The average molecular weight is 382 g/mol. The smallest absolute Gasteiger partial charge is 0.265 e. The highest BCUT2D eigenvalue weighted by Gasteiger charge is 2.15. The molecule has 4 rings (SSSR count). The van der Waals surface area contributed by atoms with Gasteiger partial charge in [-0.15, -0.1) is 0 Å². The first-order chi connectivity index (χ1) is 14.1. The van der Waals surface area contributed by atoms with Crippen LogP contribution in [0.4, 0.5) is 5.69 Å². The number of hydrogen-bond acceptors (Lipinski definition) is 4. The highest BCUT2D eigenvalue weighted by Crippen LogP contribution is 2.17. The zero-order chi connectivity index (χ0) is 20.4. The maximum atomic E-state index is 13.2. The number of fused-ring (bicyclic) bond motifs is 3. The summed E-state index contributed by atoms with van der Waals surface area (Å²) in [5.74, 6) is 0. The Bertz CT molecular complexity index is 1340. The third-order valence-electron chi connectivity index (χ3n) is 5.26. The van der Waals surface area contributed by atoms with Gasteiger partial charge in [-0.1, -0.05) is 37.6 Å². The number of imidazole rings is 1. The molecule has 0 aliphatic rings. The molecular formula is C24H22N4O. The lowest BCUT2D eigenvalue weighted by atomic mass is 10.1. The van der Waals surface area contributed by atoms with Crippen LogP contribution in [0, 0.1) is 18.3 Å². The molecule has 2 heterocycles. The van der Waals surface area contributed by atoms with Gasteiger partial charge in [-0.2, -0.15) is 5.26 Å². The van der Waals surface area contributed by atoms with Crippen molar-refractivity contribution < 1.29 is 0 Å². The molecule has 2 aromatic carbocycles. The van der Waals surface area contributed by atoms with Gasteiger partial charge < -0.3 is 5.32 Å². The Hall–Kier alpha value is -3.65. The summed E-state index contributed by atoms with van der Waals surface area (Å²) < 4.78 is 1.53. The van der Waals surface area contributed by atoms with Crippen LogP contribution in [0.25, 0.3) is 22.9 Å². The van der Waals surface area contributed by atoms with Crippen molar-refractivity contribution in [2.24, 2.45) is 0 Å². The minimum Gasteiger partial charge on any atom is -0.361 e. The summed E-state index contributed by atoms with van der Waals surface area (Å²) >= 11 is 0. The average Bonchev–Trinajstić information content (AvgIpc) is 3.12. The van der Waals surface area contributed by atoms with Gasteiger partial charge >= 0.3 is 0 Å². The first kappa shape index (κ1) is 18.7. The molecular weight excluding hydrogens is 360 g/mol. The molecule has 0 unspecified atom stereocenters. The van der Waals surface area contributed by atoms with Gasteiger partial charge in [0.05, 0.1) is 21.8 Å². The van der Waals surface area contributed by atoms with E-state index in [2.05, 4.69) is 35.4 Å². The Morgan fingerprint density at radius 1 is 1.17 bits per heavy atom. The zero-order valence-electron chi connectivity index (χ0n) is 16.6. The van der Waals surface area contributed by atoms with E-state index in [1.165, 1.54) is 22.8 Å². The van der Waals surface area contributed by atoms with E-state index in [9.17, 15) is 10.1 Å². The van der Waals surface area contributed by atoms with Crippen LogP contribution in [-0.4, -0.2) is 9.38 Å². The summed E-state index contributed by atoms with van der Waals surface area (Å²) in [6, 6.07) is 17.9. The number of pyridine rings is 1. The van der Waals surface area contributed by atoms with Gasteiger partial charge in [-0.25, -0.2) is 4.98 Å². The number of benzene rings is 2. The van der Waals surface area contributed by atoms with Crippen LogP contribution in [0.5, 0.6) is 0 Å². The van der Waals surface area contributed by atoms with Crippen LogP contribution in [0.15, 0.2) is 53.3 Å². The zero-order valence-corrected chi connectivity index (χ0v) is 16.6. The molecule has 0 atom stereocenters. The lowest BCUT2D eigenvalue weighted by molar-refractivity contribution is 0.795. The van der Waals surface area contributed by atoms with Crippen LogP contribution in [0.1, 0.15) is 36.5 Å². The minimum absolute atomic E-state index is 0.183. The van der Waals surface area contributed by atoms with Crippen molar-refractivity contribution in [3.63, 3.8) is 0 Å². The lowest BCUT2D eigenvalue weighted by Gasteiger charge is -2.05. The van der Waals surface area contributed by atoms with Crippen molar-refractivity contribution in [2.75, 3.05) is 5.32 Å². The highest BCUT2D eigenvalue weighted by atomic mass is 16.1. The number of nitrogens with zero attached hydrogens (tertiary/aromatic N) is 3. The fourth-order valence-electron chi connectivity index (χ4n) is 3.59. The second-order valence-electron chi connectivity index (χ2n) is 7.18. The summed E-state index contributed by atoms with van der Waals surface area (Å²) in [6.07, 6.45) is 5.10. The molecule has 5 heteroatoms. The Balaban J connectivity index is 1.82. The number of para-hydroxylation sites is 2. The number of nitrogens with one attached hydrogen (secondary N) is 1. The van der Waals surface area contributed by atoms with E-state index in [1.54, 1.807) is 13.1 Å². The number of hydrogen-bond donors (Lipinski definition) is 1. The van der Waals surface area contributed by atoms with E-state index in [0.717, 1.165) is 12.1 Å². The third-order valence-corrected chi connectivity index (χ3v) is 5.26. The molecule has 4 aromatic rings. The van der Waals surface area contributed by atoms with Crippen molar-refractivity contribution in [1.82, 2.24) is 9.38 Å². The van der Waals surface area contributed by atoms with Crippen molar-refractivity contribution in [2.45, 2.75) is 33.1 Å². The van der Waals surface area contributed by atoms with Crippen LogP contribution >= 0.6 is 0 Å². The number of unbranched alkanes of at least 4 members (excludes halogenated alkanes) is 1. The summed E-state index contributed by atoms with van der Waals surface area (Å²) in [5.41, 5.74) is 4.89. The van der Waals surface area contributed by atoms with E-state index in [1.807, 2.05) is 36.4 Å². The lowest BCUT2D eigenvalue weighted by Crippen LogP contribution is -2.34. The molecule has 0 spiro atoms. The predicted molar refractivity (Wildman–Crippen MR) is 117 cm³/mol. The molecule has 29 heavy (non-hydrogen) atoms. The number of aryl methyl sites for hydroxylation is 1. The van der Waals surface area contributed by atoms with Crippen LogP contribution in [0.3, 0.4) is 0 Å². The summed E-state index contributed by atoms with van der Waals surface area (Å²) in [6.45, 7) is 3.98. The van der Waals surface area contributed by atoms with Gasteiger partial charge in [0, 0.05) is 11.9 Å². The fraction of sp³-hybridized carbons (Fsp3) is 0.208. The van der Waals surface area contributed by atoms with Crippen molar-refractivity contribution in [3.05, 3.63) is 80.8 Å². The molecule has 0 saturated heterocycles. The van der Waals surface area contributed by atoms with E-state index < -0.39 is 0 Å². The summed E-state index contributed by atoms with van der Waals surface area (Å²) in [7, 11) is 0. The van der Waals surface area contributed by atoms with Gasteiger partial charge in [0.2, 0.25) is 0 Å². The maximum Gasteiger partial charge on any atom is 0.265 e. The monoisotopic (exact) mass is 382 g/mol. The van der Waals surface area contributed by atoms with Gasteiger partial charge in [0.25, 0.3) is 5.56 Å². The summed E-state index contributed by atoms with van der Waals surface area (Å²) in [4.78, 5) is 17.7.